The highest BCUT2D eigenvalue weighted by Crippen LogP contribution is 2.21. The van der Waals surface area contributed by atoms with Crippen molar-refractivity contribution in [1.82, 2.24) is 30.4 Å². The second kappa shape index (κ2) is 9.00. The van der Waals surface area contributed by atoms with Crippen molar-refractivity contribution in [3.63, 3.8) is 0 Å². The third-order valence-corrected chi connectivity index (χ3v) is 4.16. The van der Waals surface area contributed by atoms with Gasteiger partial charge < -0.3 is 4.90 Å². The molecule has 0 radical (unpaired) electrons. The fourth-order valence-corrected chi connectivity index (χ4v) is 3.13. The van der Waals surface area contributed by atoms with Crippen molar-refractivity contribution >= 4 is 5.91 Å². The Morgan fingerprint density at radius 2 is 2.21 bits per heavy atom. The summed E-state index contributed by atoms with van der Waals surface area (Å²) in [5.41, 5.74) is 0. The molecule has 1 N–H and O–H groups in total. The van der Waals surface area contributed by atoms with Gasteiger partial charge in [0.05, 0.1) is 12.6 Å². The molecule has 1 aliphatic rings. The average Bonchev–Trinajstić information content (AvgIpc) is 3.04. The van der Waals surface area contributed by atoms with E-state index < -0.39 is 12.5 Å². The largest absolute Gasteiger partial charge is 0.341 e. The Hall–Kier alpha value is -1.64. The Kier molecular flexibility index (Phi) is 7.01. The molecule has 1 aromatic rings. The molecule has 2 heterocycles. The van der Waals surface area contributed by atoms with Gasteiger partial charge in [-0.25, -0.2) is 8.78 Å². The first-order valence-corrected chi connectivity index (χ1v) is 8.50. The SMILES string of the molecule is CC(C)CN(CCc1nn[nH]n1)C(=O)C1CCCCN1CC(F)F. The van der Waals surface area contributed by atoms with E-state index in [1.807, 2.05) is 13.8 Å². The zero-order valence-corrected chi connectivity index (χ0v) is 14.3. The van der Waals surface area contributed by atoms with Crippen LogP contribution in [0.5, 0.6) is 0 Å². The van der Waals surface area contributed by atoms with E-state index in [-0.39, 0.29) is 12.5 Å². The number of H-pyrrole nitrogens is 1. The number of rotatable bonds is 8. The van der Waals surface area contributed by atoms with Crippen molar-refractivity contribution in [3.8, 4) is 0 Å². The van der Waals surface area contributed by atoms with Crippen LogP contribution >= 0.6 is 0 Å². The van der Waals surface area contributed by atoms with Gasteiger partial charge in [0.15, 0.2) is 5.82 Å². The molecular weight excluding hydrogens is 318 g/mol. The molecule has 1 unspecified atom stereocenters. The first kappa shape index (κ1) is 18.7. The minimum atomic E-state index is -2.42. The molecular formula is C15H26F2N6O. The van der Waals surface area contributed by atoms with Crippen LogP contribution in [0.3, 0.4) is 0 Å². The molecule has 2 rings (SSSR count). The number of alkyl halides is 2. The zero-order chi connectivity index (χ0) is 17.5. The molecule has 136 valence electrons. The fourth-order valence-electron chi connectivity index (χ4n) is 3.13. The molecule has 1 aromatic heterocycles. The normalized spacial score (nSPS) is 19.2. The van der Waals surface area contributed by atoms with E-state index in [1.165, 1.54) is 0 Å². The van der Waals surface area contributed by atoms with E-state index in [0.717, 1.165) is 12.8 Å². The molecule has 0 aromatic carbocycles. The number of nitrogens with one attached hydrogen (secondary N) is 1. The maximum atomic E-state index is 13.0. The second-order valence-corrected chi connectivity index (χ2v) is 6.65. The van der Waals surface area contributed by atoms with E-state index in [4.69, 9.17) is 0 Å². The lowest BCUT2D eigenvalue weighted by molar-refractivity contribution is -0.139. The molecule has 0 bridgehead atoms. The van der Waals surface area contributed by atoms with Crippen LogP contribution in [0, 0.1) is 5.92 Å². The molecule has 1 atom stereocenters. The van der Waals surface area contributed by atoms with E-state index in [9.17, 15) is 13.6 Å². The Labute approximate surface area is 140 Å². The lowest BCUT2D eigenvalue weighted by atomic mass is 10.00. The van der Waals surface area contributed by atoms with Crippen LogP contribution in [0.4, 0.5) is 8.78 Å². The maximum Gasteiger partial charge on any atom is 0.251 e. The standard InChI is InChI=1S/C15H26F2N6O/c1-11(2)9-23(8-6-14-18-20-21-19-14)15(24)12-5-3-4-7-22(12)10-13(16)17/h11-13H,3-10H2,1-2H3,(H,18,19,20,21). The smallest absolute Gasteiger partial charge is 0.251 e. The third kappa shape index (κ3) is 5.47. The molecule has 9 heteroatoms. The summed E-state index contributed by atoms with van der Waals surface area (Å²) < 4.78 is 25.6. The van der Waals surface area contributed by atoms with Crippen molar-refractivity contribution in [2.75, 3.05) is 26.2 Å². The van der Waals surface area contributed by atoms with Crippen LogP contribution in [-0.4, -0.2) is 75.0 Å². The van der Waals surface area contributed by atoms with Crippen LogP contribution in [0.2, 0.25) is 0 Å². The Bertz CT molecular complexity index is 496. The Morgan fingerprint density at radius 1 is 1.42 bits per heavy atom. The molecule has 7 nitrogen and oxygen atoms in total. The van der Waals surface area contributed by atoms with Gasteiger partial charge in [0, 0.05) is 19.5 Å². The molecule has 1 amide bonds. The molecule has 24 heavy (non-hydrogen) atoms. The summed E-state index contributed by atoms with van der Waals surface area (Å²) in [7, 11) is 0. The van der Waals surface area contributed by atoms with E-state index >= 15 is 0 Å². The molecule has 1 fully saturated rings. The maximum absolute atomic E-state index is 13.0. The number of nitrogens with zero attached hydrogens (tertiary/aromatic N) is 5. The predicted octanol–water partition coefficient (Wildman–Crippen LogP) is 1.35. The average molecular weight is 344 g/mol. The zero-order valence-electron chi connectivity index (χ0n) is 14.3. The molecule has 0 saturated carbocycles. The van der Waals surface area contributed by atoms with Crippen molar-refractivity contribution < 1.29 is 13.6 Å². The molecule has 1 aliphatic heterocycles. The summed E-state index contributed by atoms with van der Waals surface area (Å²) in [6.45, 7) is 5.35. The van der Waals surface area contributed by atoms with Crippen LogP contribution in [0.15, 0.2) is 0 Å². The number of aromatic amines is 1. The highest BCUT2D eigenvalue weighted by Gasteiger charge is 2.33. The number of hydrogen-bond acceptors (Lipinski definition) is 5. The van der Waals surface area contributed by atoms with Gasteiger partial charge in [-0.1, -0.05) is 25.5 Å². The van der Waals surface area contributed by atoms with Crippen molar-refractivity contribution in [2.24, 2.45) is 5.92 Å². The summed E-state index contributed by atoms with van der Waals surface area (Å²) >= 11 is 0. The number of carbonyl (C=O) groups is 1. The monoisotopic (exact) mass is 344 g/mol. The summed E-state index contributed by atoms with van der Waals surface area (Å²) in [5.74, 6) is 0.781. The summed E-state index contributed by atoms with van der Waals surface area (Å²) in [6, 6.07) is -0.447. The minimum Gasteiger partial charge on any atom is -0.341 e. The number of likely N-dealkylation sites (tertiary alicyclic amines) is 1. The number of halogens is 2. The first-order chi connectivity index (χ1) is 11.5. The summed E-state index contributed by atoms with van der Waals surface area (Å²) in [4.78, 5) is 16.4. The van der Waals surface area contributed by atoms with Gasteiger partial charge in [0.25, 0.3) is 6.43 Å². The number of tetrazole rings is 1. The number of carbonyl (C=O) groups excluding carboxylic acids is 1. The number of amides is 1. The second-order valence-electron chi connectivity index (χ2n) is 6.65. The molecule has 0 spiro atoms. The Balaban J connectivity index is 2.03. The Morgan fingerprint density at radius 3 is 2.83 bits per heavy atom. The minimum absolute atomic E-state index is 0.0625. The van der Waals surface area contributed by atoms with E-state index in [0.29, 0.717) is 44.2 Å². The lowest BCUT2D eigenvalue weighted by Crippen LogP contribution is -2.53. The van der Waals surface area contributed by atoms with Crippen molar-refractivity contribution in [2.45, 2.75) is 52.0 Å². The van der Waals surface area contributed by atoms with Crippen LogP contribution in [0.25, 0.3) is 0 Å². The number of piperidine rings is 1. The third-order valence-electron chi connectivity index (χ3n) is 4.16. The first-order valence-electron chi connectivity index (χ1n) is 8.50. The number of hydrogen-bond donors (Lipinski definition) is 1. The van der Waals surface area contributed by atoms with Gasteiger partial charge in [-0.15, -0.1) is 10.2 Å². The van der Waals surface area contributed by atoms with Crippen molar-refractivity contribution in [3.05, 3.63) is 5.82 Å². The summed E-state index contributed by atoms with van der Waals surface area (Å²) in [6.07, 6.45) is 0.482. The predicted molar refractivity (Wildman–Crippen MR) is 84.5 cm³/mol. The topological polar surface area (TPSA) is 78.0 Å². The van der Waals surface area contributed by atoms with Gasteiger partial charge in [0.1, 0.15) is 0 Å². The van der Waals surface area contributed by atoms with Crippen LogP contribution in [0.1, 0.15) is 38.9 Å². The number of aromatic nitrogens is 4. The van der Waals surface area contributed by atoms with Gasteiger partial charge in [-0.3, -0.25) is 9.69 Å². The van der Waals surface area contributed by atoms with Crippen molar-refractivity contribution in [1.29, 1.82) is 0 Å². The van der Waals surface area contributed by atoms with Gasteiger partial charge in [-0.05, 0) is 25.3 Å². The quantitative estimate of drug-likeness (QED) is 0.770. The fraction of sp³-hybridized carbons (Fsp3) is 0.867. The van der Waals surface area contributed by atoms with Crippen LogP contribution < -0.4 is 0 Å². The summed E-state index contributed by atoms with van der Waals surface area (Å²) in [5, 5.41) is 13.7. The molecule has 1 saturated heterocycles. The van der Waals surface area contributed by atoms with Gasteiger partial charge in [0.2, 0.25) is 5.91 Å². The highest BCUT2D eigenvalue weighted by molar-refractivity contribution is 5.82. The molecule has 0 aliphatic carbocycles. The van der Waals surface area contributed by atoms with Crippen LogP contribution in [-0.2, 0) is 11.2 Å². The van der Waals surface area contributed by atoms with E-state index in [2.05, 4.69) is 20.6 Å². The lowest BCUT2D eigenvalue weighted by Gasteiger charge is -2.38. The van der Waals surface area contributed by atoms with E-state index in [1.54, 1.807) is 9.80 Å². The van der Waals surface area contributed by atoms with Gasteiger partial charge in [-0.2, -0.15) is 5.21 Å². The van der Waals surface area contributed by atoms with Gasteiger partial charge >= 0.3 is 0 Å². The highest BCUT2D eigenvalue weighted by atomic mass is 19.3.